The van der Waals surface area contributed by atoms with Crippen molar-refractivity contribution >= 4 is 23.4 Å². The molecule has 1 fully saturated rings. The van der Waals surface area contributed by atoms with E-state index < -0.39 is 5.54 Å². The van der Waals surface area contributed by atoms with Crippen LogP contribution >= 0.6 is 12.4 Å². The minimum atomic E-state index is -0.455. The number of nitrogens with two attached hydrogens (primary N) is 1. The number of hydrogen-bond donors (Lipinski definition) is 1. The summed E-state index contributed by atoms with van der Waals surface area (Å²) in [5.41, 5.74) is 8.63. The summed E-state index contributed by atoms with van der Waals surface area (Å²) in [7, 11) is 0. The van der Waals surface area contributed by atoms with Gasteiger partial charge in [0.1, 0.15) is 0 Å². The highest BCUT2D eigenvalue weighted by Crippen LogP contribution is 2.36. The van der Waals surface area contributed by atoms with Gasteiger partial charge in [-0.05, 0) is 39.2 Å². The fraction of sp³-hybridized carbons (Fsp3) is 0.556. The van der Waals surface area contributed by atoms with Gasteiger partial charge < -0.3 is 10.3 Å². The minimum Gasteiger partial charge on any atom is -0.334 e. The Balaban J connectivity index is 0.00000196. The topological polar surface area (TPSA) is 95.7 Å². The number of fused-ring (bicyclic) bond motifs is 1. The standard InChI is InChI=1S/C18H24N6O.ClH/c1-4-12(3)24-15-14(10-20-24)13(9-11(2)21-15)16-22-17(23-25-16)18(19)7-5-6-8-18;/h9-10,12H,4-8,19H2,1-3H3;1H. The number of halogens is 1. The third-order valence-electron chi connectivity index (χ3n) is 5.30. The summed E-state index contributed by atoms with van der Waals surface area (Å²) in [5, 5.41) is 9.64. The van der Waals surface area contributed by atoms with E-state index in [1.807, 2.05) is 23.9 Å². The quantitative estimate of drug-likeness (QED) is 0.741. The molecule has 8 heteroatoms. The lowest BCUT2D eigenvalue weighted by molar-refractivity contribution is 0.373. The van der Waals surface area contributed by atoms with Gasteiger partial charge in [0, 0.05) is 5.69 Å². The molecule has 0 amide bonds. The fourth-order valence-corrected chi connectivity index (χ4v) is 3.58. The summed E-state index contributed by atoms with van der Waals surface area (Å²) >= 11 is 0. The Bertz CT molecular complexity index is 912. The van der Waals surface area contributed by atoms with Crippen LogP contribution in [-0.2, 0) is 5.54 Å². The summed E-state index contributed by atoms with van der Waals surface area (Å²) < 4.78 is 7.54. The summed E-state index contributed by atoms with van der Waals surface area (Å²) in [4.78, 5) is 9.31. The molecule has 4 rings (SSSR count). The molecule has 0 spiro atoms. The van der Waals surface area contributed by atoms with Crippen LogP contribution in [0.5, 0.6) is 0 Å². The summed E-state index contributed by atoms with van der Waals surface area (Å²) in [6.07, 6.45) is 6.86. The van der Waals surface area contributed by atoms with Crippen molar-refractivity contribution < 1.29 is 4.52 Å². The largest absolute Gasteiger partial charge is 0.334 e. The molecule has 3 heterocycles. The van der Waals surface area contributed by atoms with Gasteiger partial charge in [-0.15, -0.1) is 12.4 Å². The van der Waals surface area contributed by atoms with Gasteiger partial charge in [0.05, 0.1) is 28.7 Å². The predicted octanol–water partition coefficient (Wildman–Crippen LogP) is 3.91. The molecule has 26 heavy (non-hydrogen) atoms. The van der Waals surface area contributed by atoms with Crippen LogP contribution in [0.3, 0.4) is 0 Å². The first-order valence-electron chi connectivity index (χ1n) is 9.00. The van der Waals surface area contributed by atoms with Gasteiger partial charge in [0.2, 0.25) is 0 Å². The average molecular weight is 377 g/mol. The van der Waals surface area contributed by atoms with Crippen LogP contribution in [0.25, 0.3) is 22.5 Å². The third-order valence-corrected chi connectivity index (χ3v) is 5.30. The Morgan fingerprint density at radius 1 is 1.31 bits per heavy atom. The van der Waals surface area contributed by atoms with E-state index >= 15 is 0 Å². The zero-order valence-corrected chi connectivity index (χ0v) is 16.2. The highest BCUT2D eigenvalue weighted by molar-refractivity contribution is 5.90. The summed E-state index contributed by atoms with van der Waals surface area (Å²) in [6.45, 7) is 6.25. The number of hydrogen-bond acceptors (Lipinski definition) is 6. The molecule has 1 aliphatic rings. The Morgan fingerprint density at radius 3 is 2.73 bits per heavy atom. The first-order valence-corrected chi connectivity index (χ1v) is 9.00. The second-order valence-electron chi connectivity index (χ2n) is 7.18. The molecule has 3 aromatic heterocycles. The van der Waals surface area contributed by atoms with E-state index in [0.29, 0.717) is 11.7 Å². The Morgan fingerprint density at radius 2 is 2.04 bits per heavy atom. The number of aryl methyl sites for hydroxylation is 1. The van der Waals surface area contributed by atoms with Gasteiger partial charge in [-0.3, -0.25) is 0 Å². The van der Waals surface area contributed by atoms with Crippen molar-refractivity contribution in [3.05, 3.63) is 23.8 Å². The van der Waals surface area contributed by atoms with E-state index in [1.54, 1.807) is 0 Å². The number of aromatic nitrogens is 5. The molecule has 0 saturated heterocycles. The monoisotopic (exact) mass is 376 g/mol. The second kappa shape index (κ2) is 6.96. The van der Waals surface area contributed by atoms with Crippen molar-refractivity contribution in [3.63, 3.8) is 0 Å². The lowest BCUT2D eigenvalue weighted by Gasteiger charge is -2.17. The van der Waals surface area contributed by atoms with Crippen LogP contribution in [0.1, 0.15) is 63.5 Å². The zero-order valence-electron chi connectivity index (χ0n) is 15.4. The molecule has 0 radical (unpaired) electrons. The Hall–Kier alpha value is -1.99. The first-order chi connectivity index (χ1) is 12.0. The van der Waals surface area contributed by atoms with Crippen LogP contribution in [0.15, 0.2) is 16.8 Å². The lowest BCUT2D eigenvalue weighted by Crippen LogP contribution is -2.34. The molecule has 1 aliphatic carbocycles. The van der Waals surface area contributed by atoms with Crippen molar-refractivity contribution in [3.8, 4) is 11.5 Å². The van der Waals surface area contributed by atoms with E-state index in [1.165, 1.54) is 0 Å². The van der Waals surface area contributed by atoms with Crippen LogP contribution in [0, 0.1) is 6.92 Å². The minimum absolute atomic E-state index is 0. The van der Waals surface area contributed by atoms with Crippen molar-refractivity contribution in [1.82, 2.24) is 24.9 Å². The average Bonchev–Trinajstić information content (AvgIpc) is 3.32. The highest BCUT2D eigenvalue weighted by Gasteiger charge is 2.36. The lowest BCUT2D eigenvalue weighted by atomic mass is 9.98. The van der Waals surface area contributed by atoms with Crippen molar-refractivity contribution in [2.75, 3.05) is 0 Å². The number of rotatable bonds is 4. The maximum absolute atomic E-state index is 6.46. The summed E-state index contributed by atoms with van der Waals surface area (Å²) in [5.74, 6) is 1.10. The van der Waals surface area contributed by atoms with Gasteiger partial charge in [0.15, 0.2) is 11.5 Å². The van der Waals surface area contributed by atoms with E-state index in [-0.39, 0.29) is 18.4 Å². The molecule has 1 unspecified atom stereocenters. The van der Waals surface area contributed by atoms with E-state index in [0.717, 1.165) is 54.4 Å². The molecule has 140 valence electrons. The second-order valence-corrected chi connectivity index (χ2v) is 7.18. The Kier molecular flexibility index (Phi) is 5.03. The van der Waals surface area contributed by atoms with E-state index in [4.69, 9.17) is 10.3 Å². The SMILES string of the molecule is CCC(C)n1ncc2c(-c3nc(C4(N)CCCC4)no3)cc(C)nc21.Cl. The molecule has 1 atom stereocenters. The number of pyridine rings is 1. The van der Waals surface area contributed by atoms with Crippen molar-refractivity contribution in [2.45, 2.75) is 64.5 Å². The van der Waals surface area contributed by atoms with Crippen LogP contribution in [0.2, 0.25) is 0 Å². The zero-order chi connectivity index (χ0) is 17.6. The van der Waals surface area contributed by atoms with Gasteiger partial charge in [-0.1, -0.05) is 24.9 Å². The van der Waals surface area contributed by atoms with Crippen molar-refractivity contribution in [2.24, 2.45) is 5.73 Å². The predicted molar refractivity (Wildman–Crippen MR) is 102 cm³/mol. The molecule has 1 saturated carbocycles. The van der Waals surface area contributed by atoms with Gasteiger partial charge >= 0.3 is 0 Å². The van der Waals surface area contributed by atoms with Gasteiger partial charge in [0.25, 0.3) is 5.89 Å². The molecule has 0 bridgehead atoms. The molecular weight excluding hydrogens is 352 g/mol. The Labute approximate surface area is 158 Å². The molecule has 7 nitrogen and oxygen atoms in total. The van der Waals surface area contributed by atoms with Gasteiger partial charge in [-0.25, -0.2) is 9.67 Å². The molecular formula is C18H25ClN6O. The summed E-state index contributed by atoms with van der Waals surface area (Å²) in [6, 6.07) is 2.25. The van der Waals surface area contributed by atoms with Crippen LogP contribution in [-0.4, -0.2) is 24.9 Å². The fourth-order valence-electron chi connectivity index (χ4n) is 3.58. The molecule has 2 N–H and O–H groups in total. The number of nitrogens with zero attached hydrogens (tertiary/aromatic N) is 5. The molecule has 0 aromatic carbocycles. The van der Waals surface area contributed by atoms with Crippen LogP contribution in [0.4, 0.5) is 0 Å². The van der Waals surface area contributed by atoms with E-state index in [9.17, 15) is 0 Å². The van der Waals surface area contributed by atoms with Crippen molar-refractivity contribution in [1.29, 1.82) is 0 Å². The van der Waals surface area contributed by atoms with Crippen LogP contribution < -0.4 is 5.73 Å². The third kappa shape index (κ3) is 2.99. The van der Waals surface area contributed by atoms with E-state index in [2.05, 4.69) is 34.1 Å². The highest BCUT2D eigenvalue weighted by atomic mass is 35.5. The van der Waals surface area contributed by atoms with Gasteiger partial charge in [-0.2, -0.15) is 10.1 Å². The molecule has 0 aliphatic heterocycles. The normalized spacial score (nSPS) is 17.4. The first kappa shape index (κ1) is 18.8. The maximum atomic E-state index is 6.46. The maximum Gasteiger partial charge on any atom is 0.258 e. The molecule has 3 aromatic rings. The smallest absolute Gasteiger partial charge is 0.258 e.